The minimum absolute atomic E-state index is 1.16. The molecule has 0 fully saturated rings. The van der Waals surface area contributed by atoms with Crippen molar-refractivity contribution < 1.29 is 0 Å². The molecule has 0 saturated carbocycles. The van der Waals surface area contributed by atoms with Crippen LogP contribution in [0.4, 0.5) is 0 Å². The van der Waals surface area contributed by atoms with Gasteiger partial charge in [0.1, 0.15) is 0 Å². The van der Waals surface area contributed by atoms with E-state index < -0.39 is 12.1 Å². The summed E-state index contributed by atoms with van der Waals surface area (Å²) in [6.07, 6.45) is 0. The standard InChI is InChI=1S/C5H14GeS/c1-5-7-6(2,3)4/h5H2,1-4H3. The molecule has 0 radical (unpaired) electrons. The quantitative estimate of drug-likeness (QED) is 0.586. The SMILES string of the molecule is CC[S][Ge]([CH3])([CH3])[CH3]. The van der Waals surface area contributed by atoms with E-state index in [2.05, 4.69) is 34.3 Å². The predicted molar refractivity (Wildman–Crippen MR) is 41.5 cm³/mol. The average Bonchev–Trinajstić information content (AvgIpc) is 1.30. The van der Waals surface area contributed by atoms with Crippen molar-refractivity contribution in [2.24, 2.45) is 0 Å². The van der Waals surface area contributed by atoms with Gasteiger partial charge in [-0.25, -0.2) is 0 Å². The minimum atomic E-state index is -1.16. The Labute approximate surface area is 52.4 Å². The Kier molecular flexibility index (Phi) is 3.41. The second-order valence-electron chi connectivity index (χ2n) is 2.55. The van der Waals surface area contributed by atoms with E-state index in [-0.39, 0.29) is 0 Å². The molecule has 0 atom stereocenters. The molecule has 0 saturated heterocycles. The number of rotatable bonds is 2. The fourth-order valence-electron chi connectivity index (χ4n) is 0.433. The van der Waals surface area contributed by atoms with Crippen LogP contribution in [0, 0.1) is 0 Å². The second kappa shape index (κ2) is 3.03. The summed E-state index contributed by atoms with van der Waals surface area (Å²) in [4.78, 5) is 0. The molecule has 0 unspecified atom stereocenters. The van der Waals surface area contributed by atoms with Gasteiger partial charge < -0.3 is 0 Å². The van der Waals surface area contributed by atoms with Gasteiger partial charge in [-0.1, -0.05) is 0 Å². The summed E-state index contributed by atoms with van der Waals surface area (Å²) in [7, 11) is 2.18. The molecule has 44 valence electrons. The van der Waals surface area contributed by atoms with E-state index in [0.717, 1.165) is 0 Å². The molecule has 0 amide bonds. The van der Waals surface area contributed by atoms with Crippen molar-refractivity contribution in [2.75, 3.05) is 5.75 Å². The van der Waals surface area contributed by atoms with Crippen LogP contribution >= 0.6 is 10.1 Å². The van der Waals surface area contributed by atoms with Gasteiger partial charge in [-0.3, -0.25) is 0 Å². The first-order chi connectivity index (χ1) is 3.06. The molecule has 0 aromatic heterocycles. The molecule has 0 aliphatic rings. The molecular formula is C5H14GeS. The van der Waals surface area contributed by atoms with Gasteiger partial charge in [-0.05, 0) is 0 Å². The topological polar surface area (TPSA) is 0 Å². The zero-order valence-corrected chi connectivity index (χ0v) is 8.53. The van der Waals surface area contributed by atoms with E-state index in [1.807, 2.05) is 0 Å². The molecule has 0 spiro atoms. The van der Waals surface area contributed by atoms with Gasteiger partial charge in [0.25, 0.3) is 0 Å². The van der Waals surface area contributed by atoms with E-state index in [0.29, 0.717) is 0 Å². The van der Waals surface area contributed by atoms with Crippen molar-refractivity contribution in [1.82, 2.24) is 0 Å². The van der Waals surface area contributed by atoms with Crippen LogP contribution in [-0.4, -0.2) is 17.9 Å². The Hall–Kier alpha value is 0.893. The molecule has 0 aromatic carbocycles. The molecule has 7 heavy (non-hydrogen) atoms. The maximum atomic E-state index is 2.42. The summed E-state index contributed by atoms with van der Waals surface area (Å²) in [6, 6.07) is 0. The average molecular weight is 179 g/mol. The Balaban J connectivity index is 3.15. The van der Waals surface area contributed by atoms with Gasteiger partial charge in [0, 0.05) is 0 Å². The summed E-state index contributed by atoms with van der Waals surface area (Å²) >= 11 is -1.16. The molecular weight excluding hydrogens is 165 g/mol. The van der Waals surface area contributed by atoms with Gasteiger partial charge >= 0.3 is 52.2 Å². The van der Waals surface area contributed by atoms with Crippen LogP contribution in [0.25, 0.3) is 0 Å². The summed E-state index contributed by atoms with van der Waals surface area (Å²) in [5.41, 5.74) is 0. The molecule has 0 N–H and O–H groups in total. The van der Waals surface area contributed by atoms with E-state index in [9.17, 15) is 0 Å². The maximum absolute atomic E-state index is 2.42. The first-order valence-electron chi connectivity index (χ1n) is 2.70. The van der Waals surface area contributed by atoms with Crippen LogP contribution in [0.5, 0.6) is 0 Å². The molecule has 0 bridgehead atoms. The Morgan fingerprint density at radius 3 is 1.71 bits per heavy atom. The summed E-state index contributed by atoms with van der Waals surface area (Å²) in [5.74, 6) is 8.58. The third-order valence-electron chi connectivity index (χ3n) is 0.577. The van der Waals surface area contributed by atoms with Gasteiger partial charge in [0.05, 0.1) is 0 Å². The fourth-order valence-corrected chi connectivity index (χ4v) is 6.75. The van der Waals surface area contributed by atoms with E-state index >= 15 is 0 Å². The Morgan fingerprint density at radius 1 is 1.29 bits per heavy atom. The normalized spacial score (nSPS) is 12.0. The summed E-state index contributed by atoms with van der Waals surface area (Å²) < 4.78 is 0. The van der Waals surface area contributed by atoms with Gasteiger partial charge in [0.15, 0.2) is 0 Å². The number of hydrogen-bond donors (Lipinski definition) is 0. The third-order valence-corrected chi connectivity index (χ3v) is 9.00. The molecule has 0 aromatic rings. The van der Waals surface area contributed by atoms with Crippen LogP contribution < -0.4 is 0 Å². The van der Waals surface area contributed by atoms with Crippen molar-refractivity contribution in [2.45, 2.75) is 24.2 Å². The second-order valence-corrected chi connectivity index (χ2v) is 20.5. The molecule has 0 aliphatic carbocycles. The first kappa shape index (κ1) is 7.89. The zero-order chi connectivity index (χ0) is 5.91. The fraction of sp³-hybridized carbons (Fsp3) is 1.00. The molecule has 0 nitrogen and oxygen atoms in total. The van der Waals surface area contributed by atoms with Crippen molar-refractivity contribution in [3.63, 3.8) is 0 Å². The van der Waals surface area contributed by atoms with Crippen LogP contribution in [0.1, 0.15) is 6.92 Å². The summed E-state index contributed by atoms with van der Waals surface area (Å²) in [5, 5.41) is 0. The van der Waals surface area contributed by atoms with Crippen LogP contribution in [0.3, 0.4) is 0 Å². The molecule has 0 aliphatic heterocycles. The predicted octanol–water partition coefficient (Wildman–Crippen LogP) is 2.57. The monoisotopic (exact) mass is 180 g/mol. The summed E-state index contributed by atoms with van der Waals surface area (Å²) in [6.45, 7) is 2.24. The first-order valence-corrected chi connectivity index (χ1v) is 12.5. The van der Waals surface area contributed by atoms with Crippen molar-refractivity contribution >= 4 is 22.2 Å². The molecule has 2 heteroatoms. The molecule has 0 rings (SSSR count). The van der Waals surface area contributed by atoms with Gasteiger partial charge in [-0.15, -0.1) is 0 Å². The van der Waals surface area contributed by atoms with Gasteiger partial charge in [-0.2, -0.15) is 0 Å². The van der Waals surface area contributed by atoms with Crippen LogP contribution in [-0.2, 0) is 0 Å². The zero-order valence-electron chi connectivity index (χ0n) is 5.62. The van der Waals surface area contributed by atoms with Crippen LogP contribution in [0.15, 0.2) is 0 Å². The molecule has 0 heterocycles. The van der Waals surface area contributed by atoms with Crippen molar-refractivity contribution in [3.8, 4) is 0 Å². The van der Waals surface area contributed by atoms with Crippen LogP contribution in [0.2, 0.25) is 17.3 Å². The Bertz CT molecular complexity index is 46.5. The van der Waals surface area contributed by atoms with Crippen molar-refractivity contribution in [3.05, 3.63) is 0 Å². The van der Waals surface area contributed by atoms with E-state index in [1.165, 1.54) is 5.75 Å². The Morgan fingerprint density at radius 2 is 1.71 bits per heavy atom. The van der Waals surface area contributed by atoms with E-state index in [1.54, 1.807) is 0 Å². The van der Waals surface area contributed by atoms with Gasteiger partial charge in [0.2, 0.25) is 0 Å². The number of hydrogen-bond acceptors (Lipinski definition) is 1. The van der Waals surface area contributed by atoms with Crippen molar-refractivity contribution in [1.29, 1.82) is 0 Å². The van der Waals surface area contributed by atoms with E-state index in [4.69, 9.17) is 0 Å². The third kappa shape index (κ3) is 6.89.